The Bertz CT molecular complexity index is 559. The second-order valence-corrected chi connectivity index (χ2v) is 6.62. The molecular formula is C18H26N2O3. The van der Waals surface area contributed by atoms with Crippen LogP contribution in [0, 0.1) is 0 Å². The van der Waals surface area contributed by atoms with Crippen LogP contribution in [0.25, 0.3) is 0 Å². The Morgan fingerprint density at radius 3 is 3.09 bits per heavy atom. The number of aliphatic hydroxyl groups is 1. The van der Waals surface area contributed by atoms with E-state index < -0.39 is 6.10 Å². The summed E-state index contributed by atoms with van der Waals surface area (Å²) in [5, 5.41) is 12.6. The van der Waals surface area contributed by atoms with Gasteiger partial charge >= 0.3 is 6.03 Å². The number of hydrogen-bond donors (Lipinski definition) is 2. The maximum atomic E-state index is 12.5. The molecule has 2 amide bonds. The summed E-state index contributed by atoms with van der Waals surface area (Å²) < 4.78 is 5.44. The van der Waals surface area contributed by atoms with E-state index in [0.29, 0.717) is 32.7 Å². The Balaban J connectivity index is 1.57. The topological polar surface area (TPSA) is 61.8 Å². The highest BCUT2D eigenvalue weighted by atomic mass is 16.5. The van der Waals surface area contributed by atoms with E-state index in [1.54, 1.807) is 11.8 Å². The first kappa shape index (κ1) is 16.3. The molecule has 1 heterocycles. The van der Waals surface area contributed by atoms with Gasteiger partial charge in [0.1, 0.15) is 0 Å². The SMILES string of the molecule is C[C@@H](O)C[C@H]1COCCN1C(=O)NCc1ccc2c(c1)CCC2. The van der Waals surface area contributed by atoms with E-state index >= 15 is 0 Å². The number of aryl methyl sites for hydroxylation is 2. The summed E-state index contributed by atoms with van der Waals surface area (Å²) in [6.45, 7) is 3.92. The van der Waals surface area contributed by atoms with Crippen LogP contribution < -0.4 is 5.32 Å². The van der Waals surface area contributed by atoms with Gasteiger partial charge < -0.3 is 20.1 Å². The number of carbonyl (C=O) groups is 1. The lowest BCUT2D eigenvalue weighted by Gasteiger charge is -2.36. The Morgan fingerprint density at radius 2 is 2.26 bits per heavy atom. The summed E-state index contributed by atoms with van der Waals surface area (Å²) in [6.07, 6.45) is 3.67. The van der Waals surface area contributed by atoms with Crippen LogP contribution in [0.15, 0.2) is 18.2 Å². The van der Waals surface area contributed by atoms with Crippen molar-refractivity contribution >= 4 is 6.03 Å². The average Bonchev–Trinajstić information content (AvgIpc) is 3.00. The van der Waals surface area contributed by atoms with Crippen molar-refractivity contribution in [2.24, 2.45) is 0 Å². The summed E-state index contributed by atoms with van der Waals surface area (Å²) in [5.41, 5.74) is 4.03. The molecule has 1 saturated heterocycles. The van der Waals surface area contributed by atoms with Gasteiger partial charge in [-0.25, -0.2) is 4.79 Å². The first-order valence-electron chi connectivity index (χ1n) is 8.54. The number of nitrogens with zero attached hydrogens (tertiary/aromatic N) is 1. The molecule has 126 valence electrons. The Kier molecular flexibility index (Phi) is 5.18. The fraction of sp³-hybridized carbons (Fsp3) is 0.611. The number of ether oxygens (including phenoxy) is 1. The van der Waals surface area contributed by atoms with E-state index in [1.165, 1.54) is 24.0 Å². The molecule has 0 radical (unpaired) electrons. The molecule has 0 spiro atoms. The third-order valence-corrected chi connectivity index (χ3v) is 4.71. The number of rotatable bonds is 4. The lowest BCUT2D eigenvalue weighted by molar-refractivity contribution is -0.00437. The van der Waals surface area contributed by atoms with Gasteiger partial charge in [-0.3, -0.25) is 0 Å². The minimum atomic E-state index is -0.436. The first-order valence-corrected chi connectivity index (χ1v) is 8.54. The molecule has 5 nitrogen and oxygen atoms in total. The highest BCUT2D eigenvalue weighted by Gasteiger charge is 2.28. The number of morpholine rings is 1. The molecule has 1 fully saturated rings. The molecule has 0 bridgehead atoms. The molecular weight excluding hydrogens is 292 g/mol. The van der Waals surface area contributed by atoms with Crippen LogP contribution in [-0.4, -0.2) is 47.9 Å². The molecule has 1 aromatic carbocycles. The van der Waals surface area contributed by atoms with Crippen LogP contribution in [0.3, 0.4) is 0 Å². The second kappa shape index (κ2) is 7.32. The Labute approximate surface area is 137 Å². The Hall–Kier alpha value is -1.59. The molecule has 0 aromatic heterocycles. The quantitative estimate of drug-likeness (QED) is 0.891. The lowest BCUT2D eigenvalue weighted by atomic mass is 10.1. The number of urea groups is 1. The van der Waals surface area contributed by atoms with E-state index in [9.17, 15) is 9.90 Å². The monoisotopic (exact) mass is 318 g/mol. The summed E-state index contributed by atoms with van der Waals surface area (Å²) in [5.74, 6) is 0. The fourth-order valence-electron chi connectivity index (χ4n) is 3.53. The first-order chi connectivity index (χ1) is 11.1. The number of hydrogen-bond acceptors (Lipinski definition) is 3. The summed E-state index contributed by atoms with van der Waals surface area (Å²) >= 11 is 0. The highest BCUT2D eigenvalue weighted by Crippen LogP contribution is 2.22. The van der Waals surface area contributed by atoms with Crippen LogP contribution in [0.2, 0.25) is 0 Å². The van der Waals surface area contributed by atoms with Gasteiger partial charge in [0.05, 0.1) is 25.4 Å². The largest absolute Gasteiger partial charge is 0.393 e. The van der Waals surface area contributed by atoms with Gasteiger partial charge in [0, 0.05) is 13.1 Å². The van der Waals surface area contributed by atoms with Crippen molar-refractivity contribution in [2.75, 3.05) is 19.8 Å². The molecule has 2 aliphatic rings. The van der Waals surface area contributed by atoms with Crippen LogP contribution in [0.5, 0.6) is 0 Å². The minimum Gasteiger partial charge on any atom is -0.393 e. The normalized spacial score (nSPS) is 21.8. The molecule has 3 rings (SSSR count). The third kappa shape index (κ3) is 4.03. The molecule has 1 aromatic rings. The smallest absolute Gasteiger partial charge is 0.318 e. The van der Waals surface area contributed by atoms with E-state index in [4.69, 9.17) is 4.74 Å². The predicted octanol–water partition coefficient (Wildman–Crippen LogP) is 1.86. The molecule has 2 atom stereocenters. The van der Waals surface area contributed by atoms with E-state index in [0.717, 1.165) is 12.0 Å². The van der Waals surface area contributed by atoms with Crippen molar-refractivity contribution < 1.29 is 14.6 Å². The zero-order chi connectivity index (χ0) is 16.2. The van der Waals surface area contributed by atoms with Crippen molar-refractivity contribution in [1.29, 1.82) is 0 Å². The minimum absolute atomic E-state index is 0.0521. The summed E-state index contributed by atoms with van der Waals surface area (Å²) in [4.78, 5) is 14.3. The highest BCUT2D eigenvalue weighted by molar-refractivity contribution is 5.74. The molecule has 0 saturated carbocycles. The molecule has 1 aliphatic heterocycles. The molecule has 0 unspecified atom stereocenters. The van der Waals surface area contributed by atoms with E-state index in [1.807, 2.05) is 0 Å². The fourth-order valence-corrected chi connectivity index (χ4v) is 3.53. The number of aliphatic hydroxyl groups excluding tert-OH is 1. The van der Waals surface area contributed by atoms with Gasteiger partial charge in [0.2, 0.25) is 0 Å². The molecule has 23 heavy (non-hydrogen) atoms. The number of benzene rings is 1. The number of nitrogens with one attached hydrogen (secondary N) is 1. The maximum absolute atomic E-state index is 12.5. The van der Waals surface area contributed by atoms with Crippen molar-refractivity contribution in [2.45, 2.75) is 51.3 Å². The molecule has 2 N–H and O–H groups in total. The number of amides is 2. The van der Waals surface area contributed by atoms with Crippen molar-refractivity contribution in [3.8, 4) is 0 Å². The number of fused-ring (bicyclic) bond motifs is 1. The summed E-state index contributed by atoms with van der Waals surface area (Å²) in [6, 6.07) is 6.39. The maximum Gasteiger partial charge on any atom is 0.318 e. The molecule has 5 heteroatoms. The van der Waals surface area contributed by atoms with Gasteiger partial charge in [-0.05, 0) is 49.3 Å². The average molecular weight is 318 g/mol. The predicted molar refractivity (Wildman–Crippen MR) is 88.3 cm³/mol. The van der Waals surface area contributed by atoms with Gasteiger partial charge in [-0.2, -0.15) is 0 Å². The molecule has 1 aliphatic carbocycles. The van der Waals surface area contributed by atoms with Gasteiger partial charge in [0.25, 0.3) is 0 Å². The van der Waals surface area contributed by atoms with E-state index in [2.05, 4.69) is 23.5 Å². The van der Waals surface area contributed by atoms with Crippen LogP contribution in [-0.2, 0) is 24.1 Å². The van der Waals surface area contributed by atoms with Gasteiger partial charge in [-0.15, -0.1) is 0 Å². The van der Waals surface area contributed by atoms with Crippen molar-refractivity contribution in [3.63, 3.8) is 0 Å². The number of carbonyl (C=O) groups excluding carboxylic acids is 1. The van der Waals surface area contributed by atoms with E-state index in [-0.39, 0.29) is 12.1 Å². The van der Waals surface area contributed by atoms with Gasteiger partial charge in [-0.1, -0.05) is 18.2 Å². The van der Waals surface area contributed by atoms with Crippen LogP contribution in [0.4, 0.5) is 4.79 Å². The zero-order valence-corrected chi connectivity index (χ0v) is 13.8. The van der Waals surface area contributed by atoms with Crippen molar-refractivity contribution in [1.82, 2.24) is 10.2 Å². The third-order valence-electron chi connectivity index (χ3n) is 4.71. The Morgan fingerprint density at radius 1 is 1.43 bits per heavy atom. The second-order valence-electron chi connectivity index (χ2n) is 6.62. The van der Waals surface area contributed by atoms with Crippen LogP contribution in [0.1, 0.15) is 36.5 Å². The zero-order valence-electron chi connectivity index (χ0n) is 13.8. The standard InChI is InChI=1S/C18H26N2O3/c1-13(21)9-17-12-23-8-7-20(17)18(22)19-11-14-5-6-15-3-2-4-16(15)10-14/h5-6,10,13,17,21H,2-4,7-9,11-12H2,1H3,(H,19,22)/t13-,17+/m1/s1. The van der Waals surface area contributed by atoms with Crippen molar-refractivity contribution in [3.05, 3.63) is 34.9 Å². The lowest BCUT2D eigenvalue weighted by Crippen LogP contribution is -2.53. The summed E-state index contributed by atoms with van der Waals surface area (Å²) in [7, 11) is 0. The van der Waals surface area contributed by atoms with Gasteiger partial charge in [0.15, 0.2) is 0 Å². The van der Waals surface area contributed by atoms with Crippen LogP contribution >= 0.6 is 0 Å².